The van der Waals surface area contributed by atoms with E-state index in [1.165, 1.54) is 12.8 Å². The first-order chi connectivity index (χ1) is 9.50. The molecule has 1 fully saturated rings. The fraction of sp³-hybridized carbons (Fsp3) is 0.933. The van der Waals surface area contributed by atoms with E-state index in [0.29, 0.717) is 17.8 Å². The number of amides is 1. The monoisotopic (exact) mass is 338 g/mol. The maximum absolute atomic E-state index is 12.0. The van der Waals surface area contributed by atoms with E-state index >= 15 is 0 Å². The van der Waals surface area contributed by atoms with Gasteiger partial charge < -0.3 is 15.4 Å². The van der Waals surface area contributed by atoms with Crippen LogP contribution in [0.4, 0.5) is 0 Å². The second-order valence-electron chi connectivity index (χ2n) is 6.02. The standard InChI is InChI=1S/C15H30N2O2S.ClH/c1-12(2)14(16)7-8-17(3)15(18)11-20-10-13-6-4-5-9-19-13;/h12-14H,4-11,16H2,1-3H3;1H. The van der Waals surface area contributed by atoms with Gasteiger partial charge in [-0.3, -0.25) is 4.79 Å². The molecule has 0 bridgehead atoms. The van der Waals surface area contributed by atoms with Gasteiger partial charge in [-0.2, -0.15) is 0 Å². The van der Waals surface area contributed by atoms with Crippen LogP contribution in [0.5, 0.6) is 0 Å². The second-order valence-corrected chi connectivity index (χ2v) is 7.05. The minimum absolute atomic E-state index is 0. The van der Waals surface area contributed by atoms with Gasteiger partial charge in [-0.15, -0.1) is 24.2 Å². The smallest absolute Gasteiger partial charge is 0.232 e. The highest BCUT2D eigenvalue weighted by Crippen LogP contribution is 2.17. The predicted molar refractivity (Wildman–Crippen MR) is 93.2 cm³/mol. The summed E-state index contributed by atoms with van der Waals surface area (Å²) in [6, 6.07) is 0.175. The molecule has 21 heavy (non-hydrogen) atoms. The Bertz CT molecular complexity index is 287. The lowest BCUT2D eigenvalue weighted by atomic mass is 10.0. The van der Waals surface area contributed by atoms with Crippen LogP contribution in [0.25, 0.3) is 0 Å². The van der Waals surface area contributed by atoms with Crippen LogP contribution in [0.3, 0.4) is 0 Å². The Balaban J connectivity index is 0.00000400. The van der Waals surface area contributed by atoms with Crippen molar-refractivity contribution < 1.29 is 9.53 Å². The zero-order valence-corrected chi connectivity index (χ0v) is 15.2. The number of rotatable bonds is 8. The predicted octanol–water partition coefficient (Wildman–Crippen LogP) is 2.54. The van der Waals surface area contributed by atoms with E-state index in [0.717, 1.165) is 31.7 Å². The number of thioether (sulfide) groups is 1. The quantitative estimate of drug-likeness (QED) is 0.739. The number of halogens is 1. The molecule has 1 heterocycles. The van der Waals surface area contributed by atoms with Crippen molar-refractivity contribution in [3.63, 3.8) is 0 Å². The third-order valence-corrected chi connectivity index (χ3v) is 4.94. The summed E-state index contributed by atoms with van der Waals surface area (Å²) >= 11 is 1.69. The van der Waals surface area contributed by atoms with Gasteiger partial charge in [0.15, 0.2) is 0 Å². The molecule has 1 aliphatic rings. The summed E-state index contributed by atoms with van der Waals surface area (Å²) in [5, 5.41) is 0. The van der Waals surface area contributed by atoms with E-state index < -0.39 is 0 Å². The molecule has 1 saturated heterocycles. The van der Waals surface area contributed by atoms with Gasteiger partial charge in [0.05, 0.1) is 11.9 Å². The molecule has 0 radical (unpaired) electrons. The topological polar surface area (TPSA) is 55.6 Å². The Morgan fingerprint density at radius 2 is 2.14 bits per heavy atom. The van der Waals surface area contributed by atoms with Gasteiger partial charge in [0.1, 0.15) is 0 Å². The highest BCUT2D eigenvalue weighted by molar-refractivity contribution is 7.99. The van der Waals surface area contributed by atoms with E-state index in [1.807, 2.05) is 7.05 Å². The average molecular weight is 339 g/mol. The lowest BCUT2D eigenvalue weighted by Crippen LogP contribution is -2.35. The highest BCUT2D eigenvalue weighted by atomic mass is 35.5. The Kier molecular flexibility index (Phi) is 11.6. The molecule has 1 aliphatic heterocycles. The number of carbonyl (C=O) groups excluding carboxylic acids is 1. The number of nitrogens with two attached hydrogens (primary N) is 1. The Hall–Kier alpha value is 0.0300. The molecule has 1 amide bonds. The van der Waals surface area contributed by atoms with Crippen molar-refractivity contribution in [1.82, 2.24) is 4.90 Å². The Morgan fingerprint density at radius 1 is 1.43 bits per heavy atom. The summed E-state index contributed by atoms with van der Waals surface area (Å²) in [5.41, 5.74) is 6.00. The van der Waals surface area contributed by atoms with Crippen LogP contribution in [-0.4, -0.2) is 54.7 Å². The van der Waals surface area contributed by atoms with Crippen molar-refractivity contribution in [1.29, 1.82) is 0 Å². The maximum atomic E-state index is 12.0. The molecular weight excluding hydrogens is 308 g/mol. The van der Waals surface area contributed by atoms with Gasteiger partial charge >= 0.3 is 0 Å². The Morgan fingerprint density at radius 3 is 2.71 bits per heavy atom. The lowest BCUT2D eigenvalue weighted by Gasteiger charge is -2.23. The highest BCUT2D eigenvalue weighted by Gasteiger charge is 2.16. The third kappa shape index (κ3) is 8.91. The summed E-state index contributed by atoms with van der Waals surface area (Å²) in [7, 11) is 1.87. The molecule has 2 atom stereocenters. The number of ether oxygens (including phenoxy) is 1. The first-order valence-electron chi connectivity index (χ1n) is 7.69. The van der Waals surface area contributed by atoms with Crippen LogP contribution in [0.15, 0.2) is 0 Å². The molecule has 6 heteroatoms. The summed E-state index contributed by atoms with van der Waals surface area (Å²) in [6.45, 7) is 5.86. The van der Waals surface area contributed by atoms with E-state index in [1.54, 1.807) is 16.7 Å². The van der Waals surface area contributed by atoms with Crippen LogP contribution in [0.1, 0.15) is 39.5 Å². The van der Waals surface area contributed by atoms with Crippen molar-refractivity contribution in [2.75, 3.05) is 31.7 Å². The molecule has 0 aromatic carbocycles. The van der Waals surface area contributed by atoms with Gasteiger partial charge in [-0.05, 0) is 31.6 Å². The molecule has 2 N–H and O–H groups in total. The average Bonchev–Trinajstić information content (AvgIpc) is 2.45. The summed E-state index contributed by atoms with van der Waals surface area (Å²) < 4.78 is 5.66. The fourth-order valence-corrected chi connectivity index (χ4v) is 3.17. The summed E-state index contributed by atoms with van der Waals surface area (Å²) in [5.74, 6) is 2.15. The van der Waals surface area contributed by atoms with Crippen molar-refractivity contribution in [2.45, 2.75) is 51.7 Å². The van der Waals surface area contributed by atoms with E-state index in [-0.39, 0.29) is 24.4 Å². The van der Waals surface area contributed by atoms with Crippen LogP contribution in [0.2, 0.25) is 0 Å². The largest absolute Gasteiger partial charge is 0.377 e. The third-order valence-electron chi connectivity index (χ3n) is 3.88. The normalized spacial score (nSPS) is 20.0. The summed E-state index contributed by atoms with van der Waals surface area (Å²) in [6.07, 6.45) is 4.79. The molecular formula is C15H31ClN2O2S. The van der Waals surface area contributed by atoms with Crippen molar-refractivity contribution in [3.8, 4) is 0 Å². The molecule has 0 aromatic rings. The lowest BCUT2D eigenvalue weighted by molar-refractivity contribution is -0.127. The van der Waals surface area contributed by atoms with Crippen LogP contribution in [-0.2, 0) is 9.53 Å². The minimum Gasteiger partial charge on any atom is -0.377 e. The number of hydrogen-bond donors (Lipinski definition) is 1. The first-order valence-corrected chi connectivity index (χ1v) is 8.85. The zero-order chi connectivity index (χ0) is 15.0. The van der Waals surface area contributed by atoms with E-state index in [4.69, 9.17) is 10.5 Å². The van der Waals surface area contributed by atoms with Crippen LogP contribution < -0.4 is 5.73 Å². The Labute approximate surface area is 139 Å². The van der Waals surface area contributed by atoms with Crippen molar-refractivity contribution in [3.05, 3.63) is 0 Å². The minimum atomic E-state index is 0. The van der Waals surface area contributed by atoms with Gasteiger partial charge in [0, 0.05) is 32.0 Å². The zero-order valence-electron chi connectivity index (χ0n) is 13.5. The van der Waals surface area contributed by atoms with Gasteiger partial charge in [0.2, 0.25) is 5.91 Å². The molecule has 0 saturated carbocycles. The van der Waals surface area contributed by atoms with E-state index in [2.05, 4.69) is 13.8 Å². The number of carbonyl (C=O) groups is 1. The SMILES string of the molecule is CC(C)C(N)CCN(C)C(=O)CSCC1CCCCO1.Cl. The molecule has 0 spiro atoms. The number of hydrogen-bond acceptors (Lipinski definition) is 4. The van der Waals surface area contributed by atoms with Crippen LogP contribution >= 0.6 is 24.2 Å². The molecule has 0 aromatic heterocycles. The van der Waals surface area contributed by atoms with Gasteiger partial charge in [-0.1, -0.05) is 13.8 Å². The van der Waals surface area contributed by atoms with Crippen LogP contribution in [0, 0.1) is 5.92 Å². The van der Waals surface area contributed by atoms with Gasteiger partial charge in [-0.25, -0.2) is 0 Å². The molecule has 0 aliphatic carbocycles. The van der Waals surface area contributed by atoms with Crippen molar-refractivity contribution >= 4 is 30.1 Å². The molecule has 1 rings (SSSR count). The first kappa shape index (κ1) is 21.0. The number of nitrogens with zero attached hydrogens (tertiary/aromatic N) is 1. The van der Waals surface area contributed by atoms with E-state index in [9.17, 15) is 4.79 Å². The van der Waals surface area contributed by atoms with Crippen molar-refractivity contribution in [2.24, 2.45) is 11.7 Å². The fourth-order valence-electron chi connectivity index (χ4n) is 2.13. The maximum Gasteiger partial charge on any atom is 0.232 e. The summed E-state index contributed by atoms with van der Waals surface area (Å²) in [4.78, 5) is 13.8. The second kappa shape index (κ2) is 11.6. The molecule has 4 nitrogen and oxygen atoms in total. The van der Waals surface area contributed by atoms with Gasteiger partial charge in [0.25, 0.3) is 0 Å². The molecule has 126 valence electrons. The molecule has 2 unspecified atom stereocenters.